The van der Waals surface area contributed by atoms with Crippen molar-refractivity contribution in [2.24, 2.45) is 0 Å². The summed E-state index contributed by atoms with van der Waals surface area (Å²) in [6.45, 7) is 1.93. The summed E-state index contributed by atoms with van der Waals surface area (Å²) >= 11 is 1.20. The van der Waals surface area contributed by atoms with Gasteiger partial charge in [0.2, 0.25) is 5.91 Å². The molecule has 0 bridgehead atoms. The van der Waals surface area contributed by atoms with Crippen LogP contribution in [0.5, 0.6) is 0 Å². The van der Waals surface area contributed by atoms with Gasteiger partial charge >= 0.3 is 0 Å². The normalized spacial score (nSPS) is 17.0. The van der Waals surface area contributed by atoms with E-state index < -0.39 is 0 Å². The van der Waals surface area contributed by atoms with Crippen molar-refractivity contribution in [1.29, 1.82) is 0 Å². The van der Waals surface area contributed by atoms with Crippen LogP contribution < -0.4 is 10.6 Å². The lowest BCUT2D eigenvalue weighted by Crippen LogP contribution is -2.33. The Morgan fingerprint density at radius 1 is 1.45 bits per heavy atom. The molecule has 0 aliphatic carbocycles. The van der Waals surface area contributed by atoms with E-state index in [0.29, 0.717) is 30.8 Å². The first-order valence-electron chi connectivity index (χ1n) is 6.87. The van der Waals surface area contributed by atoms with Gasteiger partial charge in [-0.3, -0.25) is 9.59 Å². The van der Waals surface area contributed by atoms with Gasteiger partial charge in [-0.15, -0.1) is 12.4 Å². The van der Waals surface area contributed by atoms with Crippen molar-refractivity contribution in [2.45, 2.75) is 13.0 Å². The molecule has 0 spiro atoms. The van der Waals surface area contributed by atoms with Crippen LogP contribution in [-0.4, -0.2) is 41.4 Å². The zero-order valence-electron chi connectivity index (χ0n) is 11.9. The molecule has 0 unspecified atom stereocenters. The molecule has 0 radical (unpaired) electrons. The number of hydrogen-bond acceptors (Lipinski definition) is 4. The van der Waals surface area contributed by atoms with Crippen LogP contribution in [0.4, 0.5) is 14.9 Å². The van der Waals surface area contributed by atoms with Gasteiger partial charge in [-0.25, -0.2) is 4.39 Å². The van der Waals surface area contributed by atoms with E-state index in [0.717, 1.165) is 12.1 Å². The van der Waals surface area contributed by atoms with E-state index in [4.69, 9.17) is 0 Å². The van der Waals surface area contributed by atoms with Crippen molar-refractivity contribution in [3.63, 3.8) is 0 Å². The van der Waals surface area contributed by atoms with E-state index in [-0.39, 0.29) is 41.6 Å². The summed E-state index contributed by atoms with van der Waals surface area (Å²) in [5.74, 6) is -0.0186. The van der Waals surface area contributed by atoms with Gasteiger partial charge < -0.3 is 15.5 Å². The number of fused-ring (bicyclic) bond motifs is 1. The van der Waals surface area contributed by atoms with E-state index in [1.54, 1.807) is 6.07 Å². The molecule has 2 N–H and O–H groups in total. The third kappa shape index (κ3) is 3.53. The fraction of sp³-hybridized carbons (Fsp3) is 0.429. The largest absolute Gasteiger partial charge is 0.323 e. The maximum Gasteiger partial charge on any atom is 0.282 e. The van der Waals surface area contributed by atoms with Gasteiger partial charge in [0.15, 0.2) is 0 Å². The predicted molar refractivity (Wildman–Crippen MR) is 87.1 cm³/mol. The minimum absolute atomic E-state index is 0. The summed E-state index contributed by atoms with van der Waals surface area (Å²) in [5, 5.41) is 5.66. The lowest BCUT2D eigenvalue weighted by molar-refractivity contribution is -0.116. The quantitative estimate of drug-likeness (QED) is 0.879. The zero-order valence-corrected chi connectivity index (χ0v) is 13.5. The fourth-order valence-corrected chi connectivity index (χ4v) is 3.39. The molecule has 2 aliphatic heterocycles. The van der Waals surface area contributed by atoms with E-state index in [2.05, 4.69) is 10.6 Å². The van der Waals surface area contributed by atoms with Crippen LogP contribution in [0.1, 0.15) is 11.1 Å². The monoisotopic (exact) mass is 345 g/mol. The first-order chi connectivity index (χ1) is 10.1. The van der Waals surface area contributed by atoms with Crippen molar-refractivity contribution in [1.82, 2.24) is 10.2 Å². The number of hydrogen-bond donors (Lipinski definition) is 2. The van der Waals surface area contributed by atoms with Crippen molar-refractivity contribution >= 4 is 41.0 Å². The van der Waals surface area contributed by atoms with Gasteiger partial charge in [-0.2, -0.15) is 0 Å². The third-order valence-corrected chi connectivity index (χ3v) is 4.55. The third-order valence-electron chi connectivity index (χ3n) is 3.66. The van der Waals surface area contributed by atoms with E-state index in [1.807, 2.05) is 6.07 Å². The molecule has 2 amide bonds. The van der Waals surface area contributed by atoms with E-state index in [9.17, 15) is 14.0 Å². The summed E-state index contributed by atoms with van der Waals surface area (Å²) < 4.78 is 14.4. The zero-order chi connectivity index (χ0) is 14.8. The summed E-state index contributed by atoms with van der Waals surface area (Å²) in [5.41, 5.74) is 1.79. The Kier molecular flexibility index (Phi) is 5.66. The Morgan fingerprint density at radius 3 is 3.00 bits per heavy atom. The Hall–Kier alpha value is -1.31. The molecule has 8 heteroatoms. The second kappa shape index (κ2) is 7.30. The van der Waals surface area contributed by atoms with Crippen LogP contribution in [0.25, 0.3) is 0 Å². The van der Waals surface area contributed by atoms with E-state index in [1.165, 1.54) is 16.7 Å². The van der Waals surface area contributed by atoms with E-state index >= 15 is 0 Å². The molecule has 22 heavy (non-hydrogen) atoms. The molecular formula is C14H17ClFN3O2S. The number of thioether (sulfide) groups is 1. The van der Waals surface area contributed by atoms with Crippen molar-refractivity contribution in [2.75, 3.05) is 30.7 Å². The SMILES string of the molecule is Cl.O=C(CN1CCSC1=O)Nc1ccc2c(c1F)CCNC2. The Morgan fingerprint density at radius 2 is 2.27 bits per heavy atom. The molecule has 0 atom stereocenters. The second-order valence-corrected chi connectivity index (χ2v) is 6.12. The number of amides is 2. The minimum Gasteiger partial charge on any atom is -0.323 e. The first kappa shape index (κ1) is 17.1. The van der Waals surface area contributed by atoms with Crippen LogP contribution in [0.3, 0.4) is 0 Å². The van der Waals surface area contributed by atoms with Gasteiger partial charge in [0.1, 0.15) is 12.4 Å². The summed E-state index contributed by atoms with van der Waals surface area (Å²) in [4.78, 5) is 24.9. The molecule has 120 valence electrons. The number of rotatable bonds is 3. The highest BCUT2D eigenvalue weighted by Crippen LogP contribution is 2.24. The summed E-state index contributed by atoms with van der Waals surface area (Å²) in [6, 6.07) is 3.41. The number of nitrogens with zero attached hydrogens (tertiary/aromatic N) is 1. The number of nitrogens with one attached hydrogen (secondary N) is 2. The van der Waals surface area contributed by atoms with Crippen molar-refractivity contribution in [3.8, 4) is 0 Å². The maximum absolute atomic E-state index is 14.4. The van der Waals surface area contributed by atoms with Crippen LogP contribution in [0, 0.1) is 5.82 Å². The van der Waals surface area contributed by atoms with Gasteiger partial charge in [-0.05, 0) is 30.2 Å². The molecular weight excluding hydrogens is 329 g/mol. The Labute approximate surface area is 138 Å². The van der Waals surface area contributed by atoms with Crippen LogP contribution in [-0.2, 0) is 17.8 Å². The molecule has 1 aromatic rings. The highest BCUT2D eigenvalue weighted by Gasteiger charge is 2.24. The molecule has 2 aliphatic rings. The molecule has 0 saturated carbocycles. The molecule has 2 heterocycles. The molecule has 1 fully saturated rings. The Balaban J connectivity index is 0.00000176. The van der Waals surface area contributed by atoms with Gasteiger partial charge in [0, 0.05) is 18.8 Å². The van der Waals surface area contributed by atoms with Crippen LogP contribution in [0.15, 0.2) is 12.1 Å². The lowest BCUT2D eigenvalue weighted by atomic mass is 9.99. The number of carbonyl (C=O) groups is 2. The maximum atomic E-state index is 14.4. The average Bonchev–Trinajstić information content (AvgIpc) is 2.87. The number of carbonyl (C=O) groups excluding carboxylic acids is 2. The number of halogens is 2. The minimum atomic E-state index is -0.362. The Bertz CT molecular complexity index is 600. The topological polar surface area (TPSA) is 61.4 Å². The molecule has 1 saturated heterocycles. The molecule has 1 aromatic carbocycles. The number of benzene rings is 1. The second-order valence-electron chi connectivity index (χ2n) is 5.08. The average molecular weight is 346 g/mol. The summed E-state index contributed by atoms with van der Waals surface area (Å²) in [6.07, 6.45) is 0.617. The smallest absolute Gasteiger partial charge is 0.282 e. The summed E-state index contributed by atoms with van der Waals surface area (Å²) in [7, 11) is 0. The van der Waals surface area contributed by atoms with Crippen molar-refractivity contribution < 1.29 is 14.0 Å². The highest BCUT2D eigenvalue weighted by atomic mass is 35.5. The van der Waals surface area contributed by atoms with Crippen LogP contribution >= 0.6 is 24.2 Å². The number of anilines is 1. The predicted octanol–water partition coefficient (Wildman–Crippen LogP) is 2.00. The molecule has 5 nitrogen and oxygen atoms in total. The van der Waals surface area contributed by atoms with Crippen molar-refractivity contribution in [3.05, 3.63) is 29.1 Å². The standard InChI is InChI=1S/C14H16FN3O2S.ClH/c15-13-10-3-4-16-7-9(10)1-2-11(13)17-12(19)8-18-5-6-21-14(18)20;/h1-2,16H,3-8H2,(H,17,19);1H. The van der Waals surface area contributed by atoms with Gasteiger partial charge in [-0.1, -0.05) is 17.8 Å². The van der Waals surface area contributed by atoms with Gasteiger partial charge in [0.25, 0.3) is 5.24 Å². The van der Waals surface area contributed by atoms with Crippen LogP contribution in [0.2, 0.25) is 0 Å². The van der Waals surface area contributed by atoms with Gasteiger partial charge in [0.05, 0.1) is 5.69 Å². The lowest BCUT2D eigenvalue weighted by Gasteiger charge is -2.20. The molecule has 3 rings (SSSR count). The first-order valence-corrected chi connectivity index (χ1v) is 7.86. The highest BCUT2D eigenvalue weighted by molar-refractivity contribution is 8.13. The fourth-order valence-electron chi connectivity index (χ4n) is 2.56. The molecule has 0 aromatic heterocycles.